The monoisotopic (exact) mass is 228 g/mol. The van der Waals surface area contributed by atoms with Gasteiger partial charge in [0.25, 0.3) is 0 Å². The number of aliphatic hydroxyl groups excluding tert-OH is 1. The van der Waals surface area contributed by atoms with Gasteiger partial charge >= 0.3 is 0 Å². The summed E-state index contributed by atoms with van der Waals surface area (Å²) in [5.74, 6) is 0.480. The largest absolute Gasteiger partial charge is 0.396 e. The minimum Gasteiger partial charge on any atom is -0.396 e. The predicted molar refractivity (Wildman–Crippen MR) is 64.1 cm³/mol. The van der Waals surface area contributed by atoms with Crippen LogP contribution in [-0.2, 0) is 4.79 Å². The van der Waals surface area contributed by atoms with E-state index in [0.29, 0.717) is 18.5 Å². The molecule has 0 bridgehead atoms. The highest BCUT2D eigenvalue weighted by Crippen LogP contribution is 2.14. The summed E-state index contributed by atoms with van der Waals surface area (Å²) in [7, 11) is 0. The van der Waals surface area contributed by atoms with E-state index < -0.39 is 0 Å². The predicted octanol–water partition coefficient (Wildman–Crippen LogP) is 0.605. The smallest absolute Gasteiger partial charge is 0.234 e. The van der Waals surface area contributed by atoms with Gasteiger partial charge in [0.1, 0.15) is 0 Å². The Balaban J connectivity index is 2.24. The van der Waals surface area contributed by atoms with Crippen LogP contribution in [-0.4, -0.2) is 48.2 Å². The van der Waals surface area contributed by atoms with E-state index >= 15 is 0 Å². The van der Waals surface area contributed by atoms with Crippen LogP contribution in [0.1, 0.15) is 33.1 Å². The molecule has 1 fully saturated rings. The number of nitrogens with zero attached hydrogens (tertiary/aromatic N) is 1. The van der Waals surface area contributed by atoms with E-state index in [4.69, 9.17) is 5.11 Å². The zero-order valence-corrected chi connectivity index (χ0v) is 10.4. The fourth-order valence-electron chi connectivity index (χ4n) is 2.17. The molecule has 0 spiro atoms. The van der Waals surface area contributed by atoms with Gasteiger partial charge in [-0.15, -0.1) is 0 Å². The van der Waals surface area contributed by atoms with Gasteiger partial charge in [-0.05, 0) is 31.7 Å². The molecule has 0 radical (unpaired) electrons. The van der Waals surface area contributed by atoms with Crippen molar-refractivity contribution in [3.63, 3.8) is 0 Å². The van der Waals surface area contributed by atoms with Gasteiger partial charge in [-0.2, -0.15) is 0 Å². The SMILES string of the molecule is CCC(CC)NC(=O)CN1CCC(CO)C1. The number of amides is 1. The average molecular weight is 228 g/mol. The molecule has 0 saturated carbocycles. The first-order chi connectivity index (χ1) is 7.69. The number of nitrogens with one attached hydrogen (secondary N) is 1. The molecular formula is C12H24N2O2. The van der Waals surface area contributed by atoms with Crippen LogP contribution in [0.2, 0.25) is 0 Å². The molecule has 1 aliphatic heterocycles. The highest BCUT2D eigenvalue weighted by atomic mass is 16.3. The van der Waals surface area contributed by atoms with E-state index in [9.17, 15) is 4.79 Å². The lowest BCUT2D eigenvalue weighted by molar-refractivity contribution is -0.122. The molecule has 16 heavy (non-hydrogen) atoms. The third kappa shape index (κ3) is 4.10. The van der Waals surface area contributed by atoms with Gasteiger partial charge in [-0.25, -0.2) is 0 Å². The van der Waals surface area contributed by atoms with Crippen LogP contribution in [0.25, 0.3) is 0 Å². The zero-order valence-electron chi connectivity index (χ0n) is 10.4. The molecule has 1 saturated heterocycles. The second-order valence-electron chi connectivity index (χ2n) is 4.65. The van der Waals surface area contributed by atoms with E-state index in [0.717, 1.165) is 32.4 Å². The number of hydrogen-bond donors (Lipinski definition) is 2. The fraction of sp³-hybridized carbons (Fsp3) is 0.917. The van der Waals surface area contributed by atoms with E-state index in [1.807, 2.05) is 0 Å². The molecule has 4 heteroatoms. The van der Waals surface area contributed by atoms with Gasteiger partial charge in [-0.3, -0.25) is 9.69 Å². The Morgan fingerprint density at radius 1 is 1.50 bits per heavy atom. The topological polar surface area (TPSA) is 52.6 Å². The van der Waals surface area contributed by atoms with Crippen LogP contribution in [0.3, 0.4) is 0 Å². The van der Waals surface area contributed by atoms with Crippen molar-refractivity contribution in [2.45, 2.75) is 39.2 Å². The second-order valence-corrected chi connectivity index (χ2v) is 4.65. The molecule has 0 aromatic heterocycles. The maximum absolute atomic E-state index is 11.7. The summed E-state index contributed by atoms with van der Waals surface area (Å²) in [5.41, 5.74) is 0. The Labute approximate surface area is 98.0 Å². The Kier molecular flexibility index (Phi) is 5.77. The molecule has 1 aliphatic rings. The van der Waals surface area contributed by atoms with Crippen LogP contribution in [0.5, 0.6) is 0 Å². The Morgan fingerprint density at radius 3 is 2.69 bits per heavy atom. The second kappa shape index (κ2) is 6.86. The normalized spacial score (nSPS) is 21.6. The Bertz CT molecular complexity index is 217. The quantitative estimate of drug-likeness (QED) is 0.700. The third-order valence-corrected chi connectivity index (χ3v) is 3.35. The van der Waals surface area contributed by atoms with Crippen LogP contribution < -0.4 is 5.32 Å². The minimum absolute atomic E-state index is 0.118. The molecule has 1 atom stereocenters. The van der Waals surface area contributed by atoms with Gasteiger partial charge < -0.3 is 10.4 Å². The van der Waals surface area contributed by atoms with E-state index in [1.54, 1.807) is 0 Å². The number of aliphatic hydroxyl groups is 1. The number of rotatable bonds is 6. The van der Waals surface area contributed by atoms with E-state index in [-0.39, 0.29) is 12.5 Å². The fourth-order valence-corrected chi connectivity index (χ4v) is 2.17. The van der Waals surface area contributed by atoms with Gasteiger partial charge in [0.05, 0.1) is 6.54 Å². The molecule has 4 nitrogen and oxygen atoms in total. The zero-order chi connectivity index (χ0) is 12.0. The van der Waals surface area contributed by atoms with Crippen molar-refractivity contribution in [1.82, 2.24) is 10.2 Å². The number of hydrogen-bond acceptors (Lipinski definition) is 3. The number of carbonyl (C=O) groups excluding carboxylic acids is 1. The van der Waals surface area contributed by atoms with E-state index in [2.05, 4.69) is 24.1 Å². The molecule has 1 heterocycles. The van der Waals surface area contributed by atoms with Crippen molar-refractivity contribution in [2.24, 2.45) is 5.92 Å². The van der Waals surface area contributed by atoms with Crippen molar-refractivity contribution in [2.75, 3.05) is 26.2 Å². The summed E-state index contributed by atoms with van der Waals surface area (Å²) in [4.78, 5) is 13.8. The van der Waals surface area contributed by atoms with Crippen molar-refractivity contribution in [3.05, 3.63) is 0 Å². The van der Waals surface area contributed by atoms with Crippen LogP contribution in [0.4, 0.5) is 0 Å². The summed E-state index contributed by atoms with van der Waals surface area (Å²) in [6.07, 6.45) is 2.98. The van der Waals surface area contributed by atoms with Gasteiger partial charge in [-0.1, -0.05) is 13.8 Å². The van der Waals surface area contributed by atoms with Crippen molar-refractivity contribution in [1.29, 1.82) is 0 Å². The van der Waals surface area contributed by atoms with Crippen molar-refractivity contribution < 1.29 is 9.90 Å². The number of carbonyl (C=O) groups is 1. The molecule has 0 aromatic rings. The van der Waals surface area contributed by atoms with Gasteiger partial charge in [0.2, 0.25) is 5.91 Å². The molecule has 1 amide bonds. The van der Waals surface area contributed by atoms with Gasteiger partial charge in [0, 0.05) is 19.2 Å². The van der Waals surface area contributed by atoms with Crippen molar-refractivity contribution in [3.8, 4) is 0 Å². The van der Waals surface area contributed by atoms with Crippen LogP contribution in [0.15, 0.2) is 0 Å². The lowest BCUT2D eigenvalue weighted by Crippen LogP contribution is -2.41. The molecule has 0 aromatic carbocycles. The molecular weight excluding hydrogens is 204 g/mol. The Hall–Kier alpha value is -0.610. The summed E-state index contributed by atoms with van der Waals surface area (Å²) < 4.78 is 0. The highest BCUT2D eigenvalue weighted by molar-refractivity contribution is 5.78. The maximum atomic E-state index is 11.7. The minimum atomic E-state index is 0.118. The standard InChI is InChI=1S/C12H24N2O2/c1-3-11(4-2)13-12(16)8-14-6-5-10(7-14)9-15/h10-11,15H,3-9H2,1-2H3,(H,13,16). The summed E-state index contributed by atoms with van der Waals surface area (Å²) in [6, 6.07) is 0.309. The Morgan fingerprint density at radius 2 is 2.19 bits per heavy atom. The number of likely N-dealkylation sites (tertiary alicyclic amines) is 1. The molecule has 2 N–H and O–H groups in total. The highest BCUT2D eigenvalue weighted by Gasteiger charge is 2.23. The van der Waals surface area contributed by atoms with Gasteiger partial charge in [0.15, 0.2) is 0 Å². The van der Waals surface area contributed by atoms with Crippen LogP contribution >= 0.6 is 0 Å². The molecule has 1 unspecified atom stereocenters. The van der Waals surface area contributed by atoms with Crippen LogP contribution in [0, 0.1) is 5.92 Å². The lowest BCUT2D eigenvalue weighted by Gasteiger charge is -2.19. The van der Waals surface area contributed by atoms with E-state index in [1.165, 1.54) is 0 Å². The van der Waals surface area contributed by atoms with Crippen molar-refractivity contribution >= 4 is 5.91 Å². The molecule has 94 valence electrons. The average Bonchev–Trinajstić information content (AvgIpc) is 2.73. The summed E-state index contributed by atoms with van der Waals surface area (Å²) >= 11 is 0. The first kappa shape index (κ1) is 13.5. The lowest BCUT2D eigenvalue weighted by atomic mass is 10.1. The molecule has 0 aliphatic carbocycles. The first-order valence-electron chi connectivity index (χ1n) is 6.32. The summed E-state index contributed by atoms with van der Waals surface area (Å²) in [6.45, 7) is 6.68. The summed E-state index contributed by atoms with van der Waals surface area (Å²) in [5, 5.41) is 12.0. The third-order valence-electron chi connectivity index (χ3n) is 3.35. The first-order valence-corrected chi connectivity index (χ1v) is 6.32. The molecule has 1 rings (SSSR count). The maximum Gasteiger partial charge on any atom is 0.234 e.